The average Bonchev–Trinajstić information content (AvgIpc) is 2.61. The molecule has 1 aliphatic heterocycles. The van der Waals surface area contributed by atoms with Crippen LogP contribution in [0.2, 0.25) is 0 Å². The highest BCUT2D eigenvalue weighted by molar-refractivity contribution is 7.93. The number of carbonyl (C=O) groups is 1. The monoisotopic (exact) mass is 410 g/mol. The number of sulfone groups is 1. The molecule has 0 saturated carbocycles. The molecule has 1 heterocycles. The van der Waals surface area contributed by atoms with Crippen molar-refractivity contribution in [2.75, 3.05) is 13.1 Å². The van der Waals surface area contributed by atoms with Crippen molar-refractivity contribution in [1.82, 2.24) is 9.62 Å². The third-order valence-corrected chi connectivity index (χ3v) is 7.57. The van der Waals surface area contributed by atoms with E-state index in [1.165, 1.54) is 12.1 Å². The van der Waals surface area contributed by atoms with Crippen LogP contribution in [0.5, 0.6) is 0 Å². The molecule has 1 amide bonds. The van der Waals surface area contributed by atoms with E-state index in [4.69, 9.17) is 0 Å². The number of nitrogens with one attached hydrogen (secondary N) is 1. The Labute approximate surface area is 151 Å². The van der Waals surface area contributed by atoms with Crippen molar-refractivity contribution in [2.24, 2.45) is 0 Å². The molecule has 1 unspecified atom stereocenters. The van der Waals surface area contributed by atoms with Gasteiger partial charge in [0, 0.05) is 25.6 Å². The zero-order chi connectivity index (χ0) is 19.5. The fourth-order valence-electron chi connectivity index (χ4n) is 2.74. The number of piperidine rings is 1. The quantitative estimate of drug-likeness (QED) is 0.763. The van der Waals surface area contributed by atoms with Crippen LogP contribution in [-0.4, -0.2) is 51.9 Å². The maximum Gasteiger partial charge on any atom is 0.341 e. The predicted octanol–water partition coefficient (Wildman–Crippen LogP) is 1.36. The van der Waals surface area contributed by atoms with Crippen LogP contribution in [0, 0.1) is 0 Å². The number of rotatable bonds is 6. The molecule has 11 heteroatoms. The fraction of sp³-hybridized carbons (Fsp3) is 0.533. The van der Waals surface area contributed by atoms with Gasteiger partial charge in [-0.25, -0.2) is 16.8 Å². The van der Waals surface area contributed by atoms with Crippen molar-refractivity contribution < 1.29 is 30.4 Å². The molecular formula is C15H20F2N2O5S2. The van der Waals surface area contributed by atoms with Crippen LogP contribution in [-0.2, 0) is 24.7 Å². The van der Waals surface area contributed by atoms with Crippen molar-refractivity contribution in [1.29, 1.82) is 0 Å². The first-order chi connectivity index (χ1) is 12.1. The van der Waals surface area contributed by atoms with Crippen molar-refractivity contribution >= 4 is 25.8 Å². The number of nitrogens with zero attached hydrogens (tertiary/aromatic N) is 1. The molecular weight excluding hydrogens is 390 g/mol. The van der Waals surface area contributed by atoms with Gasteiger partial charge in [0.15, 0.2) is 0 Å². The van der Waals surface area contributed by atoms with E-state index in [2.05, 4.69) is 5.32 Å². The average molecular weight is 410 g/mol. The van der Waals surface area contributed by atoms with Crippen LogP contribution in [0.1, 0.15) is 26.2 Å². The molecule has 1 aliphatic rings. The van der Waals surface area contributed by atoms with Crippen LogP contribution in [0.3, 0.4) is 0 Å². The molecule has 0 aromatic heterocycles. The Morgan fingerprint density at radius 2 is 1.85 bits per heavy atom. The molecule has 0 radical (unpaired) electrons. The number of carbonyl (C=O) groups excluding carboxylic acids is 1. The van der Waals surface area contributed by atoms with E-state index in [1.54, 1.807) is 6.92 Å². The van der Waals surface area contributed by atoms with Gasteiger partial charge >= 0.3 is 5.76 Å². The van der Waals surface area contributed by atoms with Gasteiger partial charge in [0.25, 0.3) is 0 Å². The lowest BCUT2D eigenvalue weighted by molar-refractivity contribution is -0.121. The molecule has 0 aliphatic carbocycles. The van der Waals surface area contributed by atoms with Crippen molar-refractivity contribution in [2.45, 2.75) is 47.8 Å². The van der Waals surface area contributed by atoms with Gasteiger partial charge in [0.1, 0.15) is 4.90 Å². The fourth-order valence-corrected chi connectivity index (χ4v) is 5.81. The van der Waals surface area contributed by atoms with E-state index < -0.39 is 41.5 Å². The molecule has 0 bridgehead atoms. The van der Waals surface area contributed by atoms with Crippen LogP contribution < -0.4 is 5.32 Å². The highest BCUT2D eigenvalue weighted by atomic mass is 32.2. The van der Waals surface area contributed by atoms with Crippen LogP contribution in [0.15, 0.2) is 34.1 Å². The lowest BCUT2D eigenvalue weighted by atomic mass is 10.1. The number of alkyl halides is 2. The van der Waals surface area contributed by atoms with E-state index in [0.29, 0.717) is 12.8 Å². The van der Waals surface area contributed by atoms with E-state index >= 15 is 0 Å². The van der Waals surface area contributed by atoms with E-state index in [-0.39, 0.29) is 25.4 Å². The molecule has 1 saturated heterocycles. The second-order valence-electron chi connectivity index (χ2n) is 5.88. The first kappa shape index (κ1) is 20.7. The Morgan fingerprint density at radius 3 is 2.42 bits per heavy atom. The first-order valence-electron chi connectivity index (χ1n) is 8.01. The lowest BCUT2D eigenvalue weighted by Crippen LogP contribution is -2.49. The molecule has 26 heavy (non-hydrogen) atoms. The zero-order valence-corrected chi connectivity index (χ0v) is 15.7. The van der Waals surface area contributed by atoms with Crippen molar-refractivity contribution in [3.63, 3.8) is 0 Å². The molecule has 1 N–H and O–H groups in total. The molecule has 146 valence electrons. The van der Waals surface area contributed by atoms with Gasteiger partial charge in [-0.3, -0.25) is 4.79 Å². The van der Waals surface area contributed by atoms with Crippen molar-refractivity contribution in [3.05, 3.63) is 24.3 Å². The zero-order valence-electron chi connectivity index (χ0n) is 14.1. The van der Waals surface area contributed by atoms with Gasteiger partial charge in [-0.2, -0.15) is 13.1 Å². The summed E-state index contributed by atoms with van der Waals surface area (Å²) in [6, 6.07) is 3.91. The summed E-state index contributed by atoms with van der Waals surface area (Å²) in [5.74, 6) is -3.95. The largest absolute Gasteiger partial charge is 0.352 e. The molecule has 1 fully saturated rings. The number of sulfonamides is 1. The van der Waals surface area contributed by atoms with Gasteiger partial charge in [0.05, 0.1) is 4.90 Å². The topological polar surface area (TPSA) is 101 Å². The van der Waals surface area contributed by atoms with E-state index in [1.807, 2.05) is 0 Å². The molecule has 1 aromatic rings. The Bertz CT molecular complexity index is 872. The number of benzene rings is 1. The number of amides is 1. The van der Waals surface area contributed by atoms with E-state index in [9.17, 15) is 30.4 Å². The third kappa shape index (κ3) is 4.21. The maximum atomic E-state index is 12.9. The van der Waals surface area contributed by atoms with Crippen LogP contribution in [0.25, 0.3) is 0 Å². The van der Waals surface area contributed by atoms with Gasteiger partial charge in [0.2, 0.25) is 25.8 Å². The summed E-state index contributed by atoms with van der Waals surface area (Å²) in [7, 11) is -9.39. The van der Waals surface area contributed by atoms with Gasteiger partial charge in [-0.05, 0) is 25.0 Å². The Kier molecular flexibility index (Phi) is 6.35. The van der Waals surface area contributed by atoms with Gasteiger partial charge in [-0.1, -0.05) is 19.1 Å². The first-order valence-corrected chi connectivity index (χ1v) is 11.0. The van der Waals surface area contributed by atoms with Crippen LogP contribution >= 0.6 is 0 Å². The maximum absolute atomic E-state index is 12.9. The molecule has 1 aromatic carbocycles. The third-order valence-electron chi connectivity index (χ3n) is 4.08. The highest BCUT2D eigenvalue weighted by Gasteiger charge is 2.37. The summed E-state index contributed by atoms with van der Waals surface area (Å²) >= 11 is 0. The normalized spacial score (nSPS) is 19.5. The second kappa shape index (κ2) is 7.97. The minimum Gasteiger partial charge on any atom is -0.352 e. The summed E-state index contributed by atoms with van der Waals surface area (Å²) < 4.78 is 76.3. The highest BCUT2D eigenvalue weighted by Crippen LogP contribution is 2.29. The van der Waals surface area contributed by atoms with Gasteiger partial charge in [-0.15, -0.1) is 0 Å². The summed E-state index contributed by atoms with van der Waals surface area (Å²) in [5.41, 5.74) is 0. The molecule has 0 spiro atoms. The Hall–Kier alpha value is -1.59. The predicted molar refractivity (Wildman–Crippen MR) is 89.8 cm³/mol. The standard InChI is InChI=1S/C15H20F2N2O5S2/c1-2-14(20)18-11-6-5-9-19(10-11)26(23,24)13-8-4-3-7-12(13)25(21,22)15(16)17/h3-4,7-8,11,15H,2,5-6,9-10H2,1H3,(H,18,20). The summed E-state index contributed by atoms with van der Waals surface area (Å²) in [4.78, 5) is 9.93. The SMILES string of the molecule is CCC(=O)NC1CCCN(S(=O)(=O)c2ccccc2S(=O)(=O)C(F)F)C1. The Balaban J connectivity index is 2.38. The molecule has 7 nitrogen and oxygen atoms in total. The second-order valence-corrected chi connectivity index (χ2v) is 9.67. The van der Waals surface area contributed by atoms with E-state index in [0.717, 1.165) is 16.4 Å². The molecule has 2 rings (SSSR count). The number of hydrogen-bond acceptors (Lipinski definition) is 5. The summed E-state index contributed by atoms with van der Waals surface area (Å²) in [6.45, 7) is 1.74. The summed E-state index contributed by atoms with van der Waals surface area (Å²) in [5, 5.41) is 2.70. The number of halogens is 2. The summed E-state index contributed by atoms with van der Waals surface area (Å²) in [6.07, 6.45) is 1.28. The van der Waals surface area contributed by atoms with Crippen LogP contribution in [0.4, 0.5) is 8.78 Å². The molecule has 1 atom stereocenters. The minimum absolute atomic E-state index is 0.0445. The minimum atomic E-state index is -5.07. The lowest BCUT2D eigenvalue weighted by Gasteiger charge is -2.32. The van der Waals surface area contributed by atoms with Crippen molar-refractivity contribution in [3.8, 4) is 0 Å². The number of hydrogen-bond donors (Lipinski definition) is 1. The Morgan fingerprint density at radius 1 is 1.23 bits per heavy atom. The smallest absolute Gasteiger partial charge is 0.341 e. The van der Waals surface area contributed by atoms with Gasteiger partial charge < -0.3 is 5.32 Å².